The zero-order valence-corrected chi connectivity index (χ0v) is 25.7. The van der Waals surface area contributed by atoms with Crippen molar-refractivity contribution >= 4 is 0 Å². The van der Waals surface area contributed by atoms with Gasteiger partial charge in [-0.25, -0.2) is 0 Å². The Labute approximate surface area is 265 Å². The molecule has 0 aliphatic carbocycles. The lowest BCUT2D eigenvalue weighted by molar-refractivity contribution is 1.20. The molecule has 0 saturated carbocycles. The van der Waals surface area contributed by atoms with E-state index in [1.165, 1.54) is 33.4 Å². The SMILES string of the molecule is Cc1ccc(-c2ccc(-c3cc(-c4ccc(-c5ccc(C)nc5)cc4)cc(-c4ccc(-c5ccc(C)nc5)cc4)c3)cc2)cn1. The third-order valence-electron chi connectivity index (χ3n) is 8.32. The van der Waals surface area contributed by atoms with Crippen molar-refractivity contribution in [3.63, 3.8) is 0 Å². The fourth-order valence-electron chi connectivity index (χ4n) is 5.61. The predicted octanol–water partition coefficient (Wildman–Crippen LogP) is 10.8. The zero-order chi connectivity index (χ0) is 30.8. The lowest BCUT2D eigenvalue weighted by Gasteiger charge is -2.13. The van der Waals surface area contributed by atoms with Crippen LogP contribution in [-0.4, -0.2) is 15.0 Å². The normalized spacial score (nSPS) is 11.0. The Morgan fingerprint density at radius 1 is 0.244 bits per heavy atom. The maximum absolute atomic E-state index is 4.48. The second-order valence-electron chi connectivity index (χ2n) is 11.6. The molecule has 0 unspecified atom stereocenters. The van der Waals surface area contributed by atoms with E-state index in [-0.39, 0.29) is 0 Å². The maximum Gasteiger partial charge on any atom is 0.0373 e. The molecule has 3 nitrogen and oxygen atoms in total. The van der Waals surface area contributed by atoms with Gasteiger partial charge in [0.05, 0.1) is 0 Å². The molecule has 0 amide bonds. The molecule has 0 radical (unpaired) electrons. The van der Waals surface area contributed by atoms with E-state index in [9.17, 15) is 0 Å². The van der Waals surface area contributed by atoms with Crippen molar-refractivity contribution in [1.29, 1.82) is 0 Å². The van der Waals surface area contributed by atoms with Gasteiger partial charge in [-0.3, -0.25) is 15.0 Å². The summed E-state index contributed by atoms with van der Waals surface area (Å²) in [7, 11) is 0. The number of hydrogen-bond acceptors (Lipinski definition) is 3. The topological polar surface area (TPSA) is 38.7 Å². The Morgan fingerprint density at radius 3 is 0.644 bits per heavy atom. The second-order valence-corrected chi connectivity index (χ2v) is 11.6. The first-order valence-corrected chi connectivity index (χ1v) is 15.2. The fraction of sp³-hybridized carbons (Fsp3) is 0.0714. The summed E-state index contributed by atoms with van der Waals surface area (Å²) >= 11 is 0. The van der Waals surface area contributed by atoms with Gasteiger partial charge in [0.25, 0.3) is 0 Å². The van der Waals surface area contributed by atoms with E-state index in [0.717, 1.165) is 50.5 Å². The van der Waals surface area contributed by atoms with Gasteiger partial charge in [0.15, 0.2) is 0 Å². The number of benzene rings is 4. The van der Waals surface area contributed by atoms with Crippen LogP contribution in [0.15, 0.2) is 146 Å². The van der Waals surface area contributed by atoms with Gasteiger partial charge in [0.1, 0.15) is 0 Å². The van der Waals surface area contributed by atoms with E-state index in [1.54, 1.807) is 0 Å². The first-order valence-electron chi connectivity index (χ1n) is 15.2. The van der Waals surface area contributed by atoms with E-state index in [4.69, 9.17) is 0 Å². The summed E-state index contributed by atoms with van der Waals surface area (Å²) in [5.74, 6) is 0. The second kappa shape index (κ2) is 12.1. The minimum atomic E-state index is 1.02. The number of pyridine rings is 3. The van der Waals surface area contributed by atoms with Crippen LogP contribution >= 0.6 is 0 Å². The Balaban J connectivity index is 1.27. The molecule has 0 aliphatic heterocycles. The first kappa shape index (κ1) is 28.1. The molecule has 0 atom stereocenters. The van der Waals surface area contributed by atoms with E-state index < -0.39 is 0 Å². The molecular weight excluding hydrogens is 546 g/mol. The van der Waals surface area contributed by atoms with Crippen molar-refractivity contribution < 1.29 is 0 Å². The minimum Gasteiger partial charge on any atom is -0.261 e. The monoisotopic (exact) mass is 579 g/mol. The average Bonchev–Trinajstić information content (AvgIpc) is 3.09. The number of nitrogens with zero attached hydrogens (tertiary/aromatic N) is 3. The molecule has 7 aromatic rings. The summed E-state index contributed by atoms with van der Waals surface area (Å²) in [4.78, 5) is 13.4. The van der Waals surface area contributed by atoms with Gasteiger partial charge in [-0.15, -0.1) is 0 Å². The molecular formula is C42H33N3. The van der Waals surface area contributed by atoms with Crippen LogP contribution in [0.5, 0.6) is 0 Å². The standard InChI is InChI=1S/C42H33N3/c1-28-4-7-37(25-43-28)31-10-16-34(17-11-31)40-22-41(35-18-12-32(13-19-35)38-8-5-29(2)44-26-38)24-42(23-40)36-20-14-33(15-21-36)39-9-6-30(3)45-27-39/h4-27H,1-3H3. The molecule has 0 N–H and O–H groups in total. The van der Waals surface area contributed by atoms with Gasteiger partial charge >= 0.3 is 0 Å². The molecule has 0 fully saturated rings. The largest absolute Gasteiger partial charge is 0.261 e. The smallest absolute Gasteiger partial charge is 0.0373 e. The molecule has 216 valence electrons. The van der Waals surface area contributed by atoms with Crippen molar-refractivity contribution in [2.45, 2.75) is 20.8 Å². The average molecular weight is 580 g/mol. The van der Waals surface area contributed by atoms with Gasteiger partial charge in [0.2, 0.25) is 0 Å². The maximum atomic E-state index is 4.48. The quantitative estimate of drug-likeness (QED) is 0.197. The van der Waals surface area contributed by atoms with Crippen molar-refractivity contribution in [2.24, 2.45) is 0 Å². The highest BCUT2D eigenvalue weighted by Crippen LogP contribution is 2.35. The molecule has 3 heterocycles. The summed E-state index contributed by atoms with van der Waals surface area (Å²) < 4.78 is 0. The number of rotatable bonds is 6. The summed E-state index contributed by atoms with van der Waals surface area (Å²) in [6, 6.07) is 45.8. The molecule has 3 aromatic heterocycles. The molecule has 0 saturated heterocycles. The molecule has 45 heavy (non-hydrogen) atoms. The summed E-state index contributed by atoms with van der Waals surface area (Å²) in [6.45, 7) is 6.04. The number of aromatic nitrogens is 3. The third kappa shape index (κ3) is 6.20. The molecule has 0 spiro atoms. The van der Waals surface area contributed by atoms with Crippen LogP contribution in [0.3, 0.4) is 0 Å². The van der Waals surface area contributed by atoms with E-state index >= 15 is 0 Å². The number of hydrogen-bond donors (Lipinski definition) is 0. The Hall–Kier alpha value is -5.67. The van der Waals surface area contributed by atoms with Crippen LogP contribution in [0.4, 0.5) is 0 Å². The fourth-order valence-corrected chi connectivity index (χ4v) is 5.61. The highest BCUT2D eigenvalue weighted by molar-refractivity contribution is 5.83. The van der Waals surface area contributed by atoms with Crippen LogP contribution in [0.2, 0.25) is 0 Å². The van der Waals surface area contributed by atoms with E-state index in [1.807, 2.05) is 39.4 Å². The van der Waals surface area contributed by atoms with Crippen LogP contribution in [0.25, 0.3) is 66.8 Å². The van der Waals surface area contributed by atoms with Crippen LogP contribution < -0.4 is 0 Å². The zero-order valence-electron chi connectivity index (χ0n) is 25.7. The Bertz CT molecular complexity index is 1800. The third-order valence-corrected chi connectivity index (χ3v) is 8.32. The highest BCUT2D eigenvalue weighted by Gasteiger charge is 2.10. The van der Waals surface area contributed by atoms with E-state index in [0.29, 0.717) is 0 Å². The Kier molecular flexibility index (Phi) is 7.59. The van der Waals surface area contributed by atoms with Crippen LogP contribution in [0, 0.1) is 20.8 Å². The van der Waals surface area contributed by atoms with Crippen molar-refractivity contribution in [3.8, 4) is 66.8 Å². The van der Waals surface area contributed by atoms with Gasteiger partial charge in [-0.1, -0.05) is 91.0 Å². The van der Waals surface area contributed by atoms with Crippen LogP contribution in [0.1, 0.15) is 17.1 Å². The molecule has 4 aromatic carbocycles. The molecule has 7 rings (SSSR count). The van der Waals surface area contributed by atoms with Gasteiger partial charge < -0.3 is 0 Å². The summed E-state index contributed by atoms with van der Waals surface area (Å²) in [6.07, 6.45) is 5.82. The van der Waals surface area contributed by atoms with Gasteiger partial charge in [-0.05, 0) is 107 Å². The lowest BCUT2D eigenvalue weighted by atomic mass is 9.91. The van der Waals surface area contributed by atoms with Gasteiger partial charge in [0, 0.05) is 52.4 Å². The number of aryl methyl sites for hydroxylation is 3. The summed E-state index contributed by atoms with van der Waals surface area (Å²) in [5, 5.41) is 0. The van der Waals surface area contributed by atoms with Crippen molar-refractivity contribution in [1.82, 2.24) is 15.0 Å². The molecule has 3 heteroatoms. The minimum absolute atomic E-state index is 1.02. The van der Waals surface area contributed by atoms with Crippen molar-refractivity contribution in [2.75, 3.05) is 0 Å². The molecule has 0 bridgehead atoms. The Morgan fingerprint density at radius 2 is 0.444 bits per heavy atom. The van der Waals surface area contributed by atoms with E-state index in [2.05, 4.69) is 142 Å². The lowest BCUT2D eigenvalue weighted by Crippen LogP contribution is -1.88. The summed E-state index contributed by atoms with van der Waals surface area (Å²) in [5.41, 5.74) is 16.9. The van der Waals surface area contributed by atoms with Gasteiger partial charge in [-0.2, -0.15) is 0 Å². The predicted molar refractivity (Wildman–Crippen MR) is 187 cm³/mol. The molecule has 0 aliphatic rings. The van der Waals surface area contributed by atoms with Crippen LogP contribution in [-0.2, 0) is 0 Å². The van der Waals surface area contributed by atoms with Crippen molar-refractivity contribution in [3.05, 3.63) is 163 Å². The first-order chi connectivity index (χ1) is 22.0. The highest BCUT2D eigenvalue weighted by atomic mass is 14.7.